The summed E-state index contributed by atoms with van der Waals surface area (Å²) in [5.41, 5.74) is 0.350. The Hall–Kier alpha value is -3.09. The number of hydrogen-bond acceptors (Lipinski definition) is 4. The Kier molecular flexibility index (Phi) is 4.03. The number of H-pyrrole nitrogens is 1. The summed E-state index contributed by atoms with van der Waals surface area (Å²) in [6.07, 6.45) is 1.29. The van der Waals surface area contributed by atoms with Crippen molar-refractivity contribution in [1.29, 1.82) is 0 Å². The number of hydrogen-bond donors (Lipinski definition) is 3. The Balaban J connectivity index is 2.23. The van der Waals surface area contributed by atoms with Gasteiger partial charge in [-0.3, -0.25) is 9.59 Å². The Morgan fingerprint density at radius 2 is 2.00 bits per heavy atom. The van der Waals surface area contributed by atoms with Gasteiger partial charge in [0.25, 0.3) is 5.91 Å². The fraction of sp³-hybridized carbons (Fsp3) is 0.0714. The van der Waals surface area contributed by atoms with Crippen LogP contribution in [0.15, 0.2) is 41.3 Å². The highest BCUT2D eigenvalue weighted by molar-refractivity contribution is 6.04. The van der Waals surface area contributed by atoms with Crippen LogP contribution in [-0.2, 0) is 0 Å². The van der Waals surface area contributed by atoms with Gasteiger partial charge in [0.1, 0.15) is 11.3 Å². The highest BCUT2D eigenvalue weighted by atomic mass is 16.5. The lowest BCUT2D eigenvalue weighted by Crippen LogP contribution is -2.14. The van der Waals surface area contributed by atoms with E-state index in [4.69, 9.17) is 9.84 Å². The van der Waals surface area contributed by atoms with Gasteiger partial charge in [0.15, 0.2) is 0 Å². The highest BCUT2D eigenvalue weighted by Crippen LogP contribution is 2.23. The molecule has 7 heteroatoms. The van der Waals surface area contributed by atoms with Crippen LogP contribution in [0.1, 0.15) is 20.7 Å². The van der Waals surface area contributed by atoms with Crippen LogP contribution >= 0.6 is 0 Å². The summed E-state index contributed by atoms with van der Waals surface area (Å²) in [7, 11) is 1.34. The molecule has 1 aromatic carbocycles. The Labute approximate surface area is 119 Å². The number of nitrogens with one attached hydrogen (secondary N) is 2. The maximum Gasteiger partial charge on any atom is 0.339 e. The molecule has 0 unspecified atom stereocenters. The zero-order chi connectivity index (χ0) is 15.4. The number of carboxylic acids is 1. The number of carbonyl (C=O) groups is 2. The fourth-order valence-electron chi connectivity index (χ4n) is 1.70. The van der Waals surface area contributed by atoms with Crippen molar-refractivity contribution in [3.8, 4) is 5.75 Å². The lowest BCUT2D eigenvalue weighted by atomic mass is 10.1. The van der Waals surface area contributed by atoms with Gasteiger partial charge in [-0.2, -0.15) is 0 Å². The van der Waals surface area contributed by atoms with Crippen molar-refractivity contribution in [3.05, 3.63) is 58.0 Å². The van der Waals surface area contributed by atoms with Crippen LogP contribution in [0.5, 0.6) is 5.75 Å². The molecule has 0 aliphatic rings. The average molecular weight is 288 g/mol. The Bertz CT molecular complexity index is 731. The number of methoxy groups -OCH3 is 1. The van der Waals surface area contributed by atoms with E-state index in [9.17, 15) is 14.4 Å². The molecule has 7 nitrogen and oxygen atoms in total. The first-order valence-electron chi connectivity index (χ1n) is 5.92. The maximum atomic E-state index is 12.0. The molecule has 3 N–H and O–H groups in total. The summed E-state index contributed by atoms with van der Waals surface area (Å²) in [5, 5.41) is 11.6. The SMILES string of the molecule is COc1cc(NC(=O)c2ccc(=O)[nH]c2)ccc1C(=O)O. The van der Waals surface area contributed by atoms with Crippen LogP contribution in [0.2, 0.25) is 0 Å². The van der Waals surface area contributed by atoms with E-state index in [-0.39, 0.29) is 22.4 Å². The van der Waals surface area contributed by atoms with Gasteiger partial charge in [-0.1, -0.05) is 0 Å². The van der Waals surface area contributed by atoms with Crippen molar-refractivity contribution in [2.45, 2.75) is 0 Å². The highest BCUT2D eigenvalue weighted by Gasteiger charge is 2.13. The third-order valence-corrected chi connectivity index (χ3v) is 2.74. The average Bonchev–Trinajstić information content (AvgIpc) is 2.47. The maximum absolute atomic E-state index is 12.0. The molecule has 0 atom stereocenters. The zero-order valence-corrected chi connectivity index (χ0v) is 11.0. The standard InChI is InChI=1S/C14H12N2O5/c1-21-11-6-9(3-4-10(11)14(19)20)16-13(18)8-2-5-12(17)15-7-8/h2-7H,1H3,(H,15,17)(H,16,18)(H,19,20). The van der Waals surface area contributed by atoms with E-state index in [0.717, 1.165) is 0 Å². The van der Waals surface area contributed by atoms with Gasteiger partial charge in [-0.15, -0.1) is 0 Å². The summed E-state index contributed by atoms with van der Waals surface area (Å²) in [6.45, 7) is 0. The number of anilines is 1. The fourth-order valence-corrected chi connectivity index (χ4v) is 1.70. The third-order valence-electron chi connectivity index (χ3n) is 2.74. The molecular weight excluding hydrogens is 276 g/mol. The van der Waals surface area contributed by atoms with Crippen LogP contribution in [0.25, 0.3) is 0 Å². The smallest absolute Gasteiger partial charge is 0.339 e. The van der Waals surface area contributed by atoms with Gasteiger partial charge >= 0.3 is 5.97 Å². The summed E-state index contributed by atoms with van der Waals surface area (Å²) in [5.74, 6) is -1.41. The normalized spacial score (nSPS) is 9.95. The number of rotatable bonds is 4. The van der Waals surface area contributed by atoms with Crippen LogP contribution < -0.4 is 15.6 Å². The zero-order valence-electron chi connectivity index (χ0n) is 11.0. The van der Waals surface area contributed by atoms with Gasteiger partial charge in [0, 0.05) is 24.0 Å². The quantitative estimate of drug-likeness (QED) is 0.786. The molecule has 0 saturated heterocycles. The number of ether oxygens (including phenoxy) is 1. The van der Waals surface area contributed by atoms with Crippen molar-refractivity contribution in [3.63, 3.8) is 0 Å². The summed E-state index contributed by atoms with van der Waals surface area (Å²) in [4.78, 5) is 36.2. The van der Waals surface area contributed by atoms with Gasteiger partial charge < -0.3 is 20.1 Å². The predicted octanol–water partition coefficient (Wildman–Crippen LogP) is 1.33. The third kappa shape index (κ3) is 3.27. The molecule has 0 spiro atoms. The molecule has 2 aromatic rings. The van der Waals surface area contributed by atoms with E-state index in [1.165, 1.54) is 43.6 Å². The second-order valence-electron chi connectivity index (χ2n) is 4.12. The van der Waals surface area contributed by atoms with Gasteiger partial charge in [-0.25, -0.2) is 4.79 Å². The summed E-state index contributed by atoms with van der Waals surface area (Å²) >= 11 is 0. The van der Waals surface area contributed by atoms with Crippen molar-refractivity contribution >= 4 is 17.6 Å². The van der Waals surface area contributed by atoms with Crippen LogP contribution in [0, 0.1) is 0 Å². The number of aromatic carboxylic acids is 1. The van der Waals surface area contributed by atoms with E-state index in [2.05, 4.69) is 10.3 Å². The second kappa shape index (κ2) is 5.91. The van der Waals surface area contributed by atoms with E-state index >= 15 is 0 Å². The first-order chi connectivity index (χ1) is 10.0. The molecule has 2 rings (SSSR count). The topological polar surface area (TPSA) is 108 Å². The largest absolute Gasteiger partial charge is 0.496 e. The van der Waals surface area contributed by atoms with E-state index in [1.807, 2.05) is 0 Å². The van der Waals surface area contributed by atoms with Crippen LogP contribution in [0.3, 0.4) is 0 Å². The molecular formula is C14H12N2O5. The van der Waals surface area contributed by atoms with E-state index in [1.54, 1.807) is 0 Å². The second-order valence-corrected chi connectivity index (χ2v) is 4.12. The van der Waals surface area contributed by atoms with Crippen LogP contribution in [0.4, 0.5) is 5.69 Å². The first-order valence-corrected chi connectivity index (χ1v) is 5.92. The molecule has 1 amide bonds. The molecule has 1 aromatic heterocycles. The minimum absolute atomic E-state index is 0.000426. The number of aromatic amines is 1. The van der Waals surface area contributed by atoms with E-state index < -0.39 is 11.9 Å². The Morgan fingerprint density at radius 1 is 1.24 bits per heavy atom. The van der Waals surface area contributed by atoms with Crippen molar-refractivity contribution in [2.75, 3.05) is 12.4 Å². The van der Waals surface area contributed by atoms with Gasteiger partial charge in [0.05, 0.1) is 12.7 Å². The van der Waals surface area contributed by atoms with Gasteiger partial charge in [-0.05, 0) is 18.2 Å². The number of pyridine rings is 1. The van der Waals surface area contributed by atoms with Crippen molar-refractivity contribution in [1.82, 2.24) is 4.98 Å². The van der Waals surface area contributed by atoms with Gasteiger partial charge in [0.2, 0.25) is 5.56 Å². The number of benzene rings is 1. The molecule has 0 radical (unpaired) electrons. The molecule has 0 saturated carbocycles. The molecule has 0 bridgehead atoms. The van der Waals surface area contributed by atoms with Crippen molar-refractivity contribution < 1.29 is 19.4 Å². The molecule has 0 aliphatic heterocycles. The van der Waals surface area contributed by atoms with Crippen molar-refractivity contribution in [2.24, 2.45) is 0 Å². The van der Waals surface area contributed by atoms with Crippen LogP contribution in [-0.4, -0.2) is 29.1 Å². The number of carbonyl (C=O) groups excluding carboxylic acids is 1. The number of carboxylic acid groups (broad SMARTS) is 1. The van der Waals surface area contributed by atoms with E-state index in [0.29, 0.717) is 5.69 Å². The lowest BCUT2D eigenvalue weighted by Gasteiger charge is -2.09. The lowest BCUT2D eigenvalue weighted by molar-refractivity contribution is 0.0693. The monoisotopic (exact) mass is 288 g/mol. The molecule has 108 valence electrons. The molecule has 1 heterocycles. The summed E-state index contributed by atoms with van der Waals surface area (Å²) < 4.78 is 4.97. The molecule has 0 aliphatic carbocycles. The minimum Gasteiger partial charge on any atom is -0.496 e. The first kappa shape index (κ1) is 14.3. The molecule has 0 fully saturated rings. The predicted molar refractivity (Wildman–Crippen MR) is 75.0 cm³/mol. The molecule has 21 heavy (non-hydrogen) atoms. The number of amides is 1. The Morgan fingerprint density at radius 3 is 2.57 bits per heavy atom. The number of aromatic nitrogens is 1. The minimum atomic E-state index is -1.12. The summed E-state index contributed by atoms with van der Waals surface area (Å²) in [6, 6.07) is 6.83.